The molecule has 19 heavy (non-hydrogen) atoms. The van der Waals surface area contributed by atoms with Crippen LogP contribution < -0.4 is 10.6 Å². The number of carbonyl (C=O) groups is 1. The van der Waals surface area contributed by atoms with E-state index < -0.39 is 6.04 Å². The molecule has 6 nitrogen and oxygen atoms in total. The summed E-state index contributed by atoms with van der Waals surface area (Å²) in [6.45, 7) is 1.70. The Bertz CT molecular complexity index is 572. The van der Waals surface area contributed by atoms with Gasteiger partial charge in [0.1, 0.15) is 12.4 Å². The molecule has 0 aliphatic carbocycles. The smallest absolute Gasteiger partial charge is 0.248 e. The number of nitrogens with zero attached hydrogens (tertiary/aromatic N) is 2. The molecule has 0 aliphatic rings. The van der Waals surface area contributed by atoms with Gasteiger partial charge >= 0.3 is 0 Å². The Morgan fingerprint density at radius 1 is 1.42 bits per heavy atom. The predicted molar refractivity (Wildman–Crippen MR) is 74.6 cm³/mol. The van der Waals surface area contributed by atoms with E-state index >= 15 is 0 Å². The van der Waals surface area contributed by atoms with Crippen LogP contribution in [0.3, 0.4) is 0 Å². The predicted octanol–water partition coefficient (Wildman–Crippen LogP) is 2.55. The molecule has 0 saturated carbocycles. The number of aromatic nitrogens is 3. The highest BCUT2D eigenvalue weighted by atomic mass is 35.5. The summed E-state index contributed by atoms with van der Waals surface area (Å²) >= 11 is 11.8. The third kappa shape index (κ3) is 3.59. The zero-order chi connectivity index (χ0) is 13.8. The third-order valence-electron chi connectivity index (χ3n) is 2.35. The number of H-pyrrole nitrogens is 1. The summed E-state index contributed by atoms with van der Waals surface area (Å²) < 4.78 is 0. The first-order chi connectivity index (χ1) is 9.06. The molecule has 1 heterocycles. The topological polar surface area (TPSA) is 82.7 Å². The number of carbonyl (C=O) groups excluding carboxylic acids is 1. The maximum Gasteiger partial charge on any atom is 0.248 e. The summed E-state index contributed by atoms with van der Waals surface area (Å²) in [6.07, 6.45) is 1.31. The van der Waals surface area contributed by atoms with Gasteiger partial charge in [-0.25, -0.2) is 5.10 Å². The number of hydrogen-bond donors (Lipinski definition) is 3. The van der Waals surface area contributed by atoms with Gasteiger partial charge in [0.25, 0.3) is 0 Å². The van der Waals surface area contributed by atoms with Crippen LogP contribution in [-0.2, 0) is 4.79 Å². The third-order valence-corrected chi connectivity index (χ3v) is 2.90. The quantitative estimate of drug-likeness (QED) is 0.810. The molecule has 100 valence electrons. The van der Waals surface area contributed by atoms with Gasteiger partial charge in [0.2, 0.25) is 11.9 Å². The van der Waals surface area contributed by atoms with Crippen LogP contribution in [0.5, 0.6) is 0 Å². The van der Waals surface area contributed by atoms with E-state index in [0.717, 1.165) is 0 Å². The van der Waals surface area contributed by atoms with E-state index in [-0.39, 0.29) is 5.91 Å². The van der Waals surface area contributed by atoms with Crippen LogP contribution in [0.2, 0.25) is 10.0 Å². The first-order valence-corrected chi connectivity index (χ1v) is 6.19. The standard InChI is InChI=1S/C11H11Cl2N5O/c1-6(10(19)17-11-14-5-15-18-11)16-9-3-2-7(12)4-8(9)13/h2-6,16H,1H3,(H2,14,15,17,18,19)/t6-/m0/s1. The Morgan fingerprint density at radius 2 is 2.21 bits per heavy atom. The Labute approximate surface area is 119 Å². The van der Waals surface area contributed by atoms with Gasteiger partial charge in [-0.3, -0.25) is 10.1 Å². The van der Waals surface area contributed by atoms with Crippen molar-refractivity contribution in [3.63, 3.8) is 0 Å². The summed E-state index contributed by atoms with van der Waals surface area (Å²) in [7, 11) is 0. The number of rotatable bonds is 4. The summed E-state index contributed by atoms with van der Waals surface area (Å²) in [4.78, 5) is 15.7. The van der Waals surface area contributed by atoms with E-state index in [1.165, 1.54) is 6.33 Å². The van der Waals surface area contributed by atoms with E-state index in [1.54, 1.807) is 25.1 Å². The Morgan fingerprint density at radius 3 is 2.84 bits per heavy atom. The molecule has 0 radical (unpaired) electrons. The second-order valence-corrected chi connectivity index (χ2v) is 4.66. The highest BCUT2D eigenvalue weighted by molar-refractivity contribution is 6.36. The van der Waals surface area contributed by atoms with Crippen molar-refractivity contribution in [2.75, 3.05) is 10.6 Å². The second kappa shape index (κ2) is 5.90. The van der Waals surface area contributed by atoms with Gasteiger partial charge < -0.3 is 5.32 Å². The van der Waals surface area contributed by atoms with Crippen molar-refractivity contribution in [1.29, 1.82) is 0 Å². The van der Waals surface area contributed by atoms with Gasteiger partial charge in [0.05, 0.1) is 10.7 Å². The molecule has 0 aliphatic heterocycles. The van der Waals surface area contributed by atoms with Crippen LogP contribution >= 0.6 is 23.2 Å². The summed E-state index contributed by atoms with van der Waals surface area (Å²) in [5.41, 5.74) is 0.631. The fourth-order valence-corrected chi connectivity index (χ4v) is 1.86. The lowest BCUT2D eigenvalue weighted by Gasteiger charge is -2.15. The molecule has 0 fully saturated rings. The van der Waals surface area contributed by atoms with Crippen LogP contribution in [0.15, 0.2) is 24.5 Å². The first kappa shape index (κ1) is 13.6. The highest BCUT2D eigenvalue weighted by Crippen LogP contribution is 2.25. The maximum absolute atomic E-state index is 11.9. The fraction of sp³-hybridized carbons (Fsp3) is 0.182. The molecular weight excluding hydrogens is 289 g/mol. The number of anilines is 2. The van der Waals surface area contributed by atoms with E-state index in [2.05, 4.69) is 25.8 Å². The first-order valence-electron chi connectivity index (χ1n) is 5.44. The van der Waals surface area contributed by atoms with Crippen LogP contribution in [0.1, 0.15) is 6.92 Å². The van der Waals surface area contributed by atoms with Gasteiger partial charge in [-0.15, -0.1) is 0 Å². The van der Waals surface area contributed by atoms with E-state index in [9.17, 15) is 4.79 Å². The van der Waals surface area contributed by atoms with Gasteiger partial charge in [0, 0.05) is 5.02 Å². The number of hydrogen-bond acceptors (Lipinski definition) is 4. The molecule has 1 aromatic carbocycles. The minimum absolute atomic E-state index is 0.261. The molecule has 1 amide bonds. The average Bonchev–Trinajstić information content (AvgIpc) is 2.85. The number of benzene rings is 1. The van der Waals surface area contributed by atoms with Crippen LogP contribution in [-0.4, -0.2) is 27.1 Å². The van der Waals surface area contributed by atoms with Crippen LogP contribution in [0.4, 0.5) is 11.6 Å². The number of halogens is 2. The summed E-state index contributed by atoms with van der Waals surface area (Å²) in [5.74, 6) is 0.0311. The summed E-state index contributed by atoms with van der Waals surface area (Å²) in [6, 6.07) is 4.51. The highest BCUT2D eigenvalue weighted by Gasteiger charge is 2.15. The Hall–Kier alpha value is -1.79. The molecule has 1 aromatic heterocycles. The van der Waals surface area contributed by atoms with Crippen molar-refractivity contribution in [2.24, 2.45) is 0 Å². The second-order valence-electron chi connectivity index (χ2n) is 3.81. The van der Waals surface area contributed by atoms with Crippen molar-refractivity contribution >= 4 is 40.7 Å². The van der Waals surface area contributed by atoms with E-state index in [0.29, 0.717) is 21.7 Å². The molecule has 2 rings (SSSR count). The van der Waals surface area contributed by atoms with Crippen molar-refractivity contribution in [3.8, 4) is 0 Å². The molecule has 2 aromatic rings. The summed E-state index contributed by atoms with van der Waals surface area (Å²) in [5, 5.41) is 12.7. The SMILES string of the molecule is C[C@H](Nc1ccc(Cl)cc1Cl)C(=O)Nc1ncn[nH]1. The van der Waals surface area contributed by atoms with E-state index in [4.69, 9.17) is 23.2 Å². The molecule has 1 atom stereocenters. The normalized spacial score (nSPS) is 11.9. The molecule has 0 saturated heterocycles. The van der Waals surface area contributed by atoms with Crippen molar-refractivity contribution in [2.45, 2.75) is 13.0 Å². The largest absolute Gasteiger partial charge is 0.373 e. The van der Waals surface area contributed by atoms with Crippen molar-refractivity contribution in [1.82, 2.24) is 15.2 Å². The number of amides is 1. The Balaban J connectivity index is 2.00. The lowest BCUT2D eigenvalue weighted by Crippen LogP contribution is -2.32. The zero-order valence-electron chi connectivity index (χ0n) is 9.95. The van der Waals surface area contributed by atoms with Gasteiger partial charge in [-0.2, -0.15) is 10.1 Å². The molecular formula is C11H11Cl2N5O. The molecule has 3 N–H and O–H groups in total. The molecule has 8 heteroatoms. The van der Waals surface area contributed by atoms with Gasteiger partial charge in [-0.1, -0.05) is 23.2 Å². The lowest BCUT2D eigenvalue weighted by molar-refractivity contribution is -0.116. The van der Waals surface area contributed by atoms with Crippen molar-refractivity contribution in [3.05, 3.63) is 34.6 Å². The van der Waals surface area contributed by atoms with Gasteiger partial charge in [-0.05, 0) is 25.1 Å². The molecule has 0 bridgehead atoms. The van der Waals surface area contributed by atoms with Crippen molar-refractivity contribution < 1.29 is 4.79 Å². The number of aromatic amines is 1. The fourth-order valence-electron chi connectivity index (χ4n) is 1.40. The van der Waals surface area contributed by atoms with Crippen LogP contribution in [0, 0.1) is 0 Å². The number of nitrogens with one attached hydrogen (secondary N) is 3. The maximum atomic E-state index is 11.9. The Kier molecular flexibility index (Phi) is 4.24. The lowest BCUT2D eigenvalue weighted by atomic mass is 10.2. The van der Waals surface area contributed by atoms with E-state index in [1.807, 2.05) is 0 Å². The minimum atomic E-state index is -0.497. The molecule has 0 spiro atoms. The average molecular weight is 300 g/mol. The zero-order valence-corrected chi connectivity index (χ0v) is 11.5. The van der Waals surface area contributed by atoms with Gasteiger partial charge in [0.15, 0.2) is 0 Å². The minimum Gasteiger partial charge on any atom is -0.373 e. The molecule has 0 unspecified atom stereocenters. The monoisotopic (exact) mass is 299 g/mol. The van der Waals surface area contributed by atoms with Crippen LogP contribution in [0.25, 0.3) is 0 Å².